The summed E-state index contributed by atoms with van der Waals surface area (Å²) < 4.78 is 26.7. The van der Waals surface area contributed by atoms with E-state index in [1.807, 2.05) is 20.8 Å². The van der Waals surface area contributed by atoms with Gasteiger partial charge in [0.15, 0.2) is 5.78 Å². The predicted molar refractivity (Wildman–Crippen MR) is 346 cm³/mol. The average Bonchev–Trinajstić information content (AvgIpc) is 2.95. The normalized spacial score (nSPS) is 9.03. The lowest BCUT2D eigenvalue weighted by atomic mass is 9.99. The van der Waals surface area contributed by atoms with Gasteiger partial charge in [0.25, 0.3) is 0 Å². The smallest absolute Gasteiger partial charge is 0.408 e. The maximum atomic E-state index is 13.3. The Kier molecular flexibility index (Phi) is 217. The minimum Gasteiger partial charge on any atom is -0.469 e. The zero-order valence-corrected chi connectivity index (χ0v) is 31.4. The second kappa shape index (κ2) is 93.7. The third-order valence-corrected chi connectivity index (χ3v) is 7.94. The molecule has 0 fully saturated rings. The Balaban J connectivity index is -0.0000000383. The lowest BCUT2D eigenvalue weighted by Gasteiger charge is -2.25. The number of ether oxygens (including phenoxy) is 5. The summed E-state index contributed by atoms with van der Waals surface area (Å²) in [6.45, 7) is 14.3. The third kappa shape index (κ3) is 101. The van der Waals surface area contributed by atoms with Crippen LogP contribution in [0.25, 0.3) is 0 Å². The molecule has 0 saturated heterocycles. The number of alkyl carbamates (subject to hydrolysis) is 1. The first-order valence-corrected chi connectivity index (χ1v) is 18.3. The van der Waals surface area contributed by atoms with Crippen LogP contribution in [-0.2, 0) is 42.9 Å². The van der Waals surface area contributed by atoms with E-state index in [0.29, 0.717) is 12.2 Å². The number of carbonyl (C=O) groups is 5. The molecule has 0 rings (SSSR count). The first kappa shape index (κ1) is 165. The number of rotatable bonds is 25. The van der Waals surface area contributed by atoms with Crippen molar-refractivity contribution in [2.75, 3.05) is 31.8 Å². The van der Waals surface area contributed by atoms with Crippen molar-refractivity contribution >= 4 is 41.5 Å². The fourth-order valence-electron chi connectivity index (χ4n) is 4.56. The second-order valence-corrected chi connectivity index (χ2v) is 15.0. The van der Waals surface area contributed by atoms with Crippen LogP contribution in [0, 0.1) is 5.92 Å². The summed E-state index contributed by atoms with van der Waals surface area (Å²) in [4.78, 5) is 62.3. The summed E-state index contributed by atoms with van der Waals surface area (Å²) in [6.07, 6.45) is 9.65. The molecular formula is C59H159NO10S. The standard InChI is InChI=1S/C35H63NO10S.24CH4/c1-10-11-12-13-14-15-16-17-18-19-28(45-26(2)37)23-31(39)43-20-21-47-25-29(36-33(41)46-35(6,7)8)30(38)22-27(32(40)42-9)24-44-34(3,4)5;;;;;;;;;;;;;;;;;;;;;;;;/h27-29H,10-25H2,1-9H3,(H,36,41);24*1H4/t27-,28-,29-;;;;;;;;;;;;;;;;;;;;;;;;/m0......................../s1. The largest absolute Gasteiger partial charge is 0.469 e. The molecule has 466 valence electrons. The summed E-state index contributed by atoms with van der Waals surface area (Å²) in [7, 11) is 1.25. The molecule has 0 aliphatic rings. The maximum Gasteiger partial charge on any atom is 0.408 e. The van der Waals surface area contributed by atoms with Gasteiger partial charge >= 0.3 is 24.0 Å². The van der Waals surface area contributed by atoms with Gasteiger partial charge in [0.2, 0.25) is 0 Å². The van der Waals surface area contributed by atoms with E-state index in [1.54, 1.807) is 20.8 Å². The first-order valence-electron chi connectivity index (χ1n) is 17.1. The number of ketones is 1. The fourth-order valence-corrected chi connectivity index (χ4v) is 5.43. The molecule has 0 aliphatic carbocycles. The highest BCUT2D eigenvalue weighted by molar-refractivity contribution is 7.99. The molecule has 0 unspecified atom stereocenters. The SMILES string of the molecule is C.C.C.C.C.C.C.C.C.C.C.C.C.C.C.C.C.C.C.C.C.C.C.C.CCCCCCCCCCC[C@@H](CC(=O)OCCSC[C@H](NC(=O)OC(C)(C)C)C(=O)C[C@@H](COC(C)(C)C)C(=O)OC)OC(C)=O. The molecule has 0 aromatic heterocycles. The molecular weight excluding hydrogens is 915 g/mol. The van der Waals surface area contributed by atoms with Gasteiger partial charge < -0.3 is 29.0 Å². The van der Waals surface area contributed by atoms with E-state index in [0.717, 1.165) is 19.3 Å². The number of hydrogen-bond donors (Lipinski definition) is 1. The average molecular weight is 1070 g/mol. The minimum atomic E-state index is -0.961. The fraction of sp³-hybridized carbons (Fsp3) is 0.915. The van der Waals surface area contributed by atoms with Crippen LogP contribution >= 0.6 is 11.8 Å². The summed E-state index contributed by atoms with van der Waals surface area (Å²) in [5, 5.41) is 2.61. The Morgan fingerprint density at radius 1 is 0.549 bits per heavy atom. The van der Waals surface area contributed by atoms with Crippen LogP contribution in [0.3, 0.4) is 0 Å². The molecule has 3 atom stereocenters. The van der Waals surface area contributed by atoms with Gasteiger partial charge in [0, 0.05) is 24.9 Å². The predicted octanol–water partition coefficient (Wildman–Crippen LogP) is 22.2. The number of thioether (sulfide) groups is 1. The minimum absolute atomic E-state index is 0. The Labute approximate surface area is 464 Å². The number of Topliss-reactive ketones (excluding diaryl/α,β-unsaturated/α-hetero) is 1. The monoisotopic (exact) mass is 1070 g/mol. The van der Waals surface area contributed by atoms with Crippen LogP contribution in [0.5, 0.6) is 0 Å². The lowest BCUT2D eigenvalue weighted by Crippen LogP contribution is -2.46. The molecule has 1 amide bonds. The molecule has 0 aromatic carbocycles. The number of nitrogens with one attached hydrogen (secondary N) is 1. The Morgan fingerprint density at radius 2 is 0.944 bits per heavy atom. The van der Waals surface area contributed by atoms with E-state index >= 15 is 0 Å². The molecule has 0 heterocycles. The van der Waals surface area contributed by atoms with Crippen molar-refractivity contribution in [3.8, 4) is 0 Å². The lowest BCUT2D eigenvalue weighted by molar-refractivity contribution is -0.154. The molecule has 11 nitrogen and oxygen atoms in total. The molecule has 0 spiro atoms. The van der Waals surface area contributed by atoms with Crippen molar-refractivity contribution in [1.29, 1.82) is 0 Å². The van der Waals surface area contributed by atoms with Crippen LogP contribution in [0.4, 0.5) is 4.79 Å². The van der Waals surface area contributed by atoms with Crippen molar-refractivity contribution in [2.45, 2.75) is 334 Å². The summed E-state index contributed by atoms with van der Waals surface area (Å²) in [5.41, 5.74) is -1.30. The van der Waals surface area contributed by atoms with Gasteiger partial charge in [-0.15, -0.1) is 0 Å². The molecule has 0 bridgehead atoms. The molecule has 0 saturated carbocycles. The van der Waals surface area contributed by atoms with Crippen molar-refractivity contribution in [2.24, 2.45) is 5.92 Å². The van der Waals surface area contributed by atoms with Gasteiger partial charge in [-0.3, -0.25) is 19.2 Å². The van der Waals surface area contributed by atoms with Crippen molar-refractivity contribution in [1.82, 2.24) is 5.32 Å². The van der Waals surface area contributed by atoms with Gasteiger partial charge in [0.05, 0.1) is 37.7 Å². The van der Waals surface area contributed by atoms with Crippen LogP contribution in [0.2, 0.25) is 0 Å². The second-order valence-electron chi connectivity index (χ2n) is 13.9. The zero-order valence-electron chi connectivity index (χ0n) is 30.5. The number of carbonyl (C=O) groups excluding carboxylic acids is 5. The summed E-state index contributed by atoms with van der Waals surface area (Å²) in [5.74, 6) is -2.18. The zero-order chi connectivity index (χ0) is 35.9. The molecule has 1 N–H and O–H groups in total. The maximum absolute atomic E-state index is 13.3. The van der Waals surface area contributed by atoms with E-state index in [4.69, 9.17) is 23.7 Å². The van der Waals surface area contributed by atoms with Gasteiger partial charge in [0.1, 0.15) is 18.3 Å². The molecule has 0 aliphatic heterocycles. The number of amides is 1. The highest BCUT2D eigenvalue weighted by Gasteiger charge is 2.31. The Bertz CT molecular complexity index is 936. The number of hydrogen-bond acceptors (Lipinski definition) is 11. The van der Waals surface area contributed by atoms with Crippen molar-refractivity contribution in [3.05, 3.63) is 0 Å². The van der Waals surface area contributed by atoms with Crippen LogP contribution < -0.4 is 5.32 Å². The number of esters is 3. The Morgan fingerprint density at radius 3 is 1.30 bits per heavy atom. The number of methoxy groups -OCH3 is 1. The molecule has 0 radical (unpaired) electrons. The van der Waals surface area contributed by atoms with E-state index < -0.39 is 53.3 Å². The molecule has 12 heteroatoms. The van der Waals surface area contributed by atoms with Crippen molar-refractivity contribution in [3.63, 3.8) is 0 Å². The van der Waals surface area contributed by atoms with Gasteiger partial charge in [-0.05, 0) is 54.4 Å². The van der Waals surface area contributed by atoms with Crippen molar-refractivity contribution < 1.29 is 47.7 Å². The quantitative estimate of drug-likeness (QED) is 0.0530. The Hall–Kier alpha value is -2.34. The highest BCUT2D eigenvalue weighted by atomic mass is 32.2. The van der Waals surface area contributed by atoms with Crippen LogP contribution in [-0.4, -0.2) is 85.0 Å². The van der Waals surface area contributed by atoms with Crippen LogP contribution in [0.15, 0.2) is 0 Å². The number of unbranched alkanes of at least 4 members (excludes halogenated alkanes) is 8. The van der Waals surface area contributed by atoms with Gasteiger partial charge in [-0.25, -0.2) is 4.79 Å². The summed E-state index contributed by atoms with van der Waals surface area (Å²) >= 11 is 1.31. The highest BCUT2D eigenvalue weighted by Crippen LogP contribution is 2.18. The van der Waals surface area contributed by atoms with E-state index in [2.05, 4.69) is 12.2 Å². The van der Waals surface area contributed by atoms with Gasteiger partial charge in [-0.1, -0.05) is 237 Å². The van der Waals surface area contributed by atoms with E-state index in [1.165, 1.54) is 64.3 Å². The van der Waals surface area contributed by atoms with E-state index in [-0.39, 0.29) is 216 Å². The molecule has 71 heavy (non-hydrogen) atoms. The first-order chi connectivity index (χ1) is 22.0. The van der Waals surface area contributed by atoms with Gasteiger partial charge in [-0.2, -0.15) is 11.8 Å². The van der Waals surface area contributed by atoms with E-state index in [9.17, 15) is 24.0 Å². The topological polar surface area (TPSA) is 144 Å². The van der Waals surface area contributed by atoms with Crippen LogP contribution in [0.1, 0.15) is 311 Å². The summed E-state index contributed by atoms with van der Waals surface area (Å²) in [6, 6.07) is -0.961. The molecule has 0 aromatic rings. The third-order valence-electron chi connectivity index (χ3n) is 6.91.